The Labute approximate surface area is 94.0 Å². The van der Waals surface area contributed by atoms with E-state index in [9.17, 15) is 4.79 Å². The molecule has 1 aromatic heterocycles. The minimum absolute atomic E-state index is 0.0301. The molecule has 1 heterocycles. The van der Waals surface area contributed by atoms with Crippen molar-refractivity contribution in [1.82, 2.24) is 15.5 Å². The second-order valence-electron chi connectivity index (χ2n) is 3.95. The van der Waals surface area contributed by atoms with Crippen LogP contribution >= 0.6 is 0 Å². The standard InChI is InChI=1S/C12H15N3O/c1-3-8(2)14-12(16)9-4-5-11-10(6-9)7-13-15-11/h4-8H,3H2,1-2H3,(H,13,15)(H,14,16). The van der Waals surface area contributed by atoms with Gasteiger partial charge in [-0.05, 0) is 31.5 Å². The lowest BCUT2D eigenvalue weighted by atomic mass is 10.1. The van der Waals surface area contributed by atoms with Crippen LogP contribution in [0.2, 0.25) is 0 Å². The van der Waals surface area contributed by atoms with Gasteiger partial charge in [0.1, 0.15) is 0 Å². The summed E-state index contributed by atoms with van der Waals surface area (Å²) in [5.41, 5.74) is 1.62. The van der Waals surface area contributed by atoms with E-state index in [0.29, 0.717) is 5.56 Å². The number of carbonyl (C=O) groups excluding carboxylic acids is 1. The second-order valence-corrected chi connectivity index (χ2v) is 3.95. The summed E-state index contributed by atoms with van der Waals surface area (Å²) in [6, 6.07) is 5.72. The Bertz CT molecular complexity index is 504. The number of hydrogen-bond donors (Lipinski definition) is 2. The highest BCUT2D eigenvalue weighted by Gasteiger charge is 2.09. The van der Waals surface area contributed by atoms with Crippen LogP contribution in [0.5, 0.6) is 0 Å². The molecular formula is C12H15N3O. The molecule has 1 atom stereocenters. The Morgan fingerprint density at radius 2 is 2.38 bits per heavy atom. The largest absolute Gasteiger partial charge is 0.350 e. The third kappa shape index (κ3) is 2.05. The van der Waals surface area contributed by atoms with E-state index in [1.165, 1.54) is 0 Å². The van der Waals surface area contributed by atoms with Crippen molar-refractivity contribution in [3.63, 3.8) is 0 Å². The van der Waals surface area contributed by atoms with Gasteiger partial charge in [0.15, 0.2) is 0 Å². The molecule has 2 aromatic rings. The molecule has 1 unspecified atom stereocenters. The summed E-state index contributed by atoms with van der Waals surface area (Å²) in [6.45, 7) is 4.04. The van der Waals surface area contributed by atoms with Crippen LogP contribution < -0.4 is 5.32 Å². The van der Waals surface area contributed by atoms with Gasteiger partial charge < -0.3 is 5.32 Å². The molecule has 84 valence electrons. The van der Waals surface area contributed by atoms with Gasteiger partial charge in [-0.2, -0.15) is 5.10 Å². The minimum Gasteiger partial charge on any atom is -0.350 e. The van der Waals surface area contributed by atoms with Gasteiger partial charge in [-0.1, -0.05) is 6.92 Å². The number of aromatic amines is 1. The highest BCUT2D eigenvalue weighted by Crippen LogP contribution is 2.12. The quantitative estimate of drug-likeness (QED) is 0.827. The first-order chi connectivity index (χ1) is 7.70. The van der Waals surface area contributed by atoms with Gasteiger partial charge in [0.05, 0.1) is 11.7 Å². The Balaban J connectivity index is 2.22. The number of aromatic nitrogens is 2. The fourth-order valence-electron chi connectivity index (χ4n) is 1.49. The van der Waals surface area contributed by atoms with Crippen molar-refractivity contribution in [1.29, 1.82) is 0 Å². The van der Waals surface area contributed by atoms with Crippen LogP contribution in [0.4, 0.5) is 0 Å². The number of nitrogens with one attached hydrogen (secondary N) is 2. The van der Waals surface area contributed by atoms with Gasteiger partial charge in [0.25, 0.3) is 5.91 Å². The lowest BCUT2D eigenvalue weighted by Crippen LogP contribution is -2.31. The molecule has 0 saturated heterocycles. The number of fused-ring (bicyclic) bond motifs is 1. The molecule has 1 aromatic carbocycles. The van der Waals surface area contributed by atoms with E-state index in [-0.39, 0.29) is 11.9 Å². The number of H-pyrrole nitrogens is 1. The zero-order valence-corrected chi connectivity index (χ0v) is 9.45. The summed E-state index contributed by atoms with van der Waals surface area (Å²) in [7, 11) is 0. The Morgan fingerprint density at radius 1 is 1.56 bits per heavy atom. The summed E-state index contributed by atoms with van der Waals surface area (Å²) in [5, 5.41) is 10.7. The number of nitrogens with zero attached hydrogens (tertiary/aromatic N) is 1. The molecule has 16 heavy (non-hydrogen) atoms. The lowest BCUT2D eigenvalue weighted by Gasteiger charge is -2.11. The molecule has 2 N–H and O–H groups in total. The minimum atomic E-state index is -0.0301. The first kappa shape index (κ1) is 10.7. The van der Waals surface area contributed by atoms with E-state index < -0.39 is 0 Å². The fraction of sp³-hybridized carbons (Fsp3) is 0.333. The number of amides is 1. The van der Waals surface area contributed by atoms with Crippen molar-refractivity contribution in [2.24, 2.45) is 0 Å². The van der Waals surface area contributed by atoms with Crippen LogP contribution in [0, 0.1) is 0 Å². The molecule has 0 aliphatic carbocycles. The number of carbonyl (C=O) groups is 1. The van der Waals surface area contributed by atoms with E-state index >= 15 is 0 Å². The topological polar surface area (TPSA) is 57.8 Å². The highest BCUT2D eigenvalue weighted by atomic mass is 16.1. The van der Waals surface area contributed by atoms with E-state index in [1.54, 1.807) is 12.3 Å². The van der Waals surface area contributed by atoms with Crippen LogP contribution in [0.15, 0.2) is 24.4 Å². The average molecular weight is 217 g/mol. The summed E-state index contributed by atoms with van der Waals surface area (Å²) in [5.74, 6) is -0.0301. The highest BCUT2D eigenvalue weighted by molar-refractivity contribution is 5.97. The van der Waals surface area contributed by atoms with Gasteiger partial charge in [0.2, 0.25) is 0 Å². The lowest BCUT2D eigenvalue weighted by molar-refractivity contribution is 0.0939. The SMILES string of the molecule is CCC(C)NC(=O)c1ccc2[nH]ncc2c1. The molecule has 4 heteroatoms. The summed E-state index contributed by atoms with van der Waals surface area (Å²) in [6.07, 6.45) is 2.65. The van der Waals surface area contributed by atoms with Gasteiger partial charge in [-0.25, -0.2) is 0 Å². The van der Waals surface area contributed by atoms with Crippen LogP contribution in [0.25, 0.3) is 10.9 Å². The maximum Gasteiger partial charge on any atom is 0.251 e. The van der Waals surface area contributed by atoms with Crippen molar-refractivity contribution < 1.29 is 4.79 Å². The third-order valence-corrected chi connectivity index (χ3v) is 2.69. The van der Waals surface area contributed by atoms with Crippen LogP contribution in [-0.4, -0.2) is 22.1 Å². The zero-order valence-electron chi connectivity index (χ0n) is 9.45. The van der Waals surface area contributed by atoms with Crippen molar-refractivity contribution >= 4 is 16.8 Å². The zero-order chi connectivity index (χ0) is 11.5. The Hall–Kier alpha value is -1.84. The van der Waals surface area contributed by atoms with Gasteiger partial charge in [0, 0.05) is 17.0 Å². The van der Waals surface area contributed by atoms with Crippen LogP contribution in [-0.2, 0) is 0 Å². The van der Waals surface area contributed by atoms with Crippen molar-refractivity contribution in [3.05, 3.63) is 30.0 Å². The molecule has 4 nitrogen and oxygen atoms in total. The molecule has 0 aliphatic heterocycles. The summed E-state index contributed by atoms with van der Waals surface area (Å²) < 4.78 is 0. The van der Waals surface area contributed by atoms with Gasteiger partial charge in [-0.15, -0.1) is 0 Å². The van der Waals surface area contributed by atoms with Gasteiger partial charge >= 0.3 is 0 Å². The fourth-order valence-corrected chi connectivity index (χ4v) is 1.49. The van der Waals surface area contributed by atoms with E-state index in [1.807, 2.05) is 26.0 Å². The van der Waals surface area contributed by atoms with E-state index in [2.05, 4.69) is 15.5 Å². The summed E-state index contributed by atoms with van der Waals surface area (Å²) >= 11 is 0. The smallest absolute Gasteiger partial charge is 0.251 e. The predicted molar refractivity (Wildman–Crippen MR) is 63.3 cm³/mol. The molecule has 1 amide bonds. The normalized spacial score (nSPS) is 12.6. The first-order valence-electron chi connectivity index (χ1n) is 5.44. The number of rotatable bonds is 3. The van der Waals surface area contributed by atoms with Crippen molar-refractivity contribution in [3.8, 4) is 0 Å². The molecular weight excluding hydrogens is 202 g/mol. The molecule has 0 aliphatic rings. The molecule has 0 saturated carbocycles. The van der Waals surface area contributed by atoms with Crippen molar-refractivity contribution in [2.45, 2.75) is 26.3 Å². The summed E-state index contributed by atoms with van der Waals surface area (Å²) in [4.78, 5) is 11.8. The number of hydrogen-bond acceptors (Lipinski definition) is 2. The predicted octanol–water partition coefficient (Wildman–Crippen LogP) is 2.09. The molecule has 0 bridgehead atoms. The second kappa shape index (κ2) is 4.35. The first-order valence-corrected chi connectivity index (χ1v) is 5.44. The van der Waals surface area contributed by atoms with E-state index in [0.717, 1.165) is 17.3 Å². The third-order valence-electron chi connectivity index (χ3n) is 2.69. The molecule has 0 spiro atoms. The van der Waals surface area contributed by atoms with Crippen LogP contribution in [0.1, 0.15) is 30.6 Å². The monoisotopic (exact) mass is 217 g/mol. The Kier molecular flexibility index (Phi) is 2.90. The van der Waals surface area contributed by atoms with E-state index in [4.69, 9.17) is 0 Å². The molecule has 0 fully saturated rings. The van der Waals surface area contributed by atoms with Crippen LogP contribution in [0.3, 0.4) is 0 Å². The van der Waals surface area contributed by atoms with Gasteiger partial charge in [-0.3, -0.25) is 9.89 Å². The maximum atomic E-state index is 11.8. The molecule has 0 radical (unpaired) electrons. The Morgan fingerprint density at radius 3 is 3.12 bits per heavy atom. The number of benzene rings is 1. The average Bonchev–Trinajstić information content (AvgIpc) is 2.75. The maximum absolute atomic E-state index is 11.8. The van der Waals surface area contributed by atoms with Crippen molar-refractivity contribution in [2.75, 3.05) is 0 Å². The molecule has 2 rings (SSSR count).